The van der Waals surface area contributed by atoms with E-state index in [-0.39, 0.29) is 10.6 Å². The number of rotatable bonds is 8. The maximum atomic E-state index is 13.8. The van der Waals surface area contributed by atoms with E-state index >= 15 is 0 Å². The van der Waals surface area contributed by atoms with Crippen LogP contribution in [-0.4, -0.2) is 41.5 Å². The summed E-state index contributed by atoms with van der Waals surface area (Å²) in [5.41, 5.74) is 0.865. The molecule has 1 amide bonds. The maximum Gasteiger partial charge on any atom is 0.267 e. The number of para-hydroxylation sites is 1. The molecule has 1 N–H and O–H groups in total. The predicted molar refractivity (Wildman–Crippen MR) is 124 cm³/mol. The summed E-state index contributed by atoms with van der Waals surface area (Å²) in [5, 5.41) is 6.63. The molecule has 0 spiro atoms. The number of aryl methyl sites for hydroxylation is 1. The maximum absolute atomic E-state index is 13.8. The average molecular weight is 473 g/mol. The Hall–Kier alpha value is -3.37. The number of amides is 1. The highest BCUT2D eigenvalue weighted by Crippen LogP contribution is 2.26. The zero-order valence-electron chi connectivity index (χ0n) is 18.6. The van der Waals surface area contributed by atoms with E-state index in [1.54, 1.807) is 39.0 Å². The minimum atomic E-state index is -3.70. The standard InChI is InChI=1S/C23H25FN4O4S/c1-4-27(5-2)33(31,32)21-14-17(11-10-16(21)3)19-12-13-23(30)28(26-19)15-22(29)25-20-9-7-6-8-18(20)24/h6-14H,4-5,15H2,1-3H3,(H,25,29). The van der Waals surface area contributed by atoms with Crippen LogP contribution in [0.3, 0.4) is 0 Å². The van der Waals surface area contributed by atoms with Crippen LogP contribution < -0.4 is 10.9 Å². The first kappa shape index (κ1) is 24.3. The van der Waals surface area contributed by atoms with Crippen molar-refractivity contribution in [3.63, 3.8) is 0 Å². The number of aromatic nitrogens is 2. The van der Waals surface area contributed by atoms with E-state index in [4.69, 9.17) is 0 Å². The molecule has 0 radical (unpaired) electrons. The van der Waals surface area contributed by atoms with Crippen molar-refractivity contribution in [1.82, 2.24) is 14.1 Å². The van der Waals surface area contributed by atoms with E-state index in [2.05, 4.69) is 10.4 Å². The summed E-state index contributed by atoms with van der Waals surface area (Å²) < 4.78 is 42.2. The third-order valence-electron chi connectivity index (χ3n) is 5.12. The van der Waals surface area contributed by atoms with Crippen molar-refractivity contribution in [3.05, 3.63) is 76.3 Å². The number of sulfonamides is 1. The molecule has 0 atom stereocenters. The molecular formula is C23H25FN4O4S. The molecule has 3 aromatic rings. The molecule has 0 aliphatic rings. The van der Waals surface area contributed by atoms with Crippen molar-refractivity contribution >= 4 is 21.6 Å². The van der Waals surface area contributed by atoms with Gasteiger partial charge in [0.05, 0.1) is 16.3 Å². The zero-order chi connectivity index (χ0) is 24.2. The fourth-order valence-electron chi connectivity index (χ4n) is 3.34. The van der Waals surface area contributed by atoms with Crippen molar-refractivity contribution in [1.29, 1.82) is 0 Å². The van der Waals surface area contributed by atoms with Crippen LogP contribution in [0.25, 0.3) is 11.3 Å². The van der Waals surface area contributed by atoms with Gasteiger partial charge >= 0.3 is 0 Å². The number of nitrogens with one attached hydrogen (secondary N) is 1. The monoisotopic (exact) mass is 472 g/mol. The molecule has 33 heavy (non-hydrogen) atoms. The lowest BCUT2D eigenvalue weighted by Crippen LogP contribution is -2.31. The number of benzene rings is 2. The predicted octanol–water partition coefficient (Wildman–Crippen LogP) is 3.03. The highest BCUT2D eigenvalue weighted by molar-refractivity contribution is 7.89. The van der Waals surface area contributed by atoms with Gasteiger partial charge in [-0.15, -0.1) is 0 Å². The van der Waals surface area contributed by atoms with Crippen molar-refractivity contribution in [2.75, 3.05) is 18.4 Å². The van der Waals surface area contributed by atoms with E-state index in [1.807, 2.05) is 0 Å². The van der Waals surface area contributed by atoms with Gasteiger partial charge in [0.15, 0.2) is 0 Å². The summed E-state index contributed by atoms with van der Waals surface area (Å²) in [4.78, 5) is 24.7. The van der Waals surface area contributed by atoms with E-state index in [9.17, 15) is 22.4 Å². The van der Waals surface area contributed by atoms with E-state index < -0.39 is 33.9 Å². The summed E-state index contributed by atoms with van der Waals surface area (Å²) in [7, 11) is -3.70. The molecular weight excluding hydrogens is 447 g/mol. The number of hydrogen-bond acceptors (Lipinski definition) is 5. The molecule has 174 valence electrons. The number of carbonyl (C=O) groups excluding carboxylic acids is 1. The third kappa shape index (κ3) is 5.35. The topological polar surface area (TPSA) is 101 Å². The molecule has 2 aromatic carbocycles. The van der Waals surface area contributed by atoms with Gasteiger partial charge in [0.25, 0.3) is 5.56 Å². The Balaban J connectivity index is 1.93. The number of nitrogens with zero attached hydrogens (tertiary/aromatic N) is 3. The van der Waals surface area contributed by atoms with Crippen LogP contribution in [0.5, 0.6) is 0 Å². The van der Waals surface area contributed by atoms with Crippen LogP contribution >= 0.6 is 0 Å². The molecule has 10 heteroatoms. The highest BCUT2D eigenvalue weighted by Gasteiger charge is 2.24. The molecule has 0 saturated heterocycles. The number of halogens is 1. The summed E-state index contributed by atoms with van der Waals surface area (Å²) >= 11 is 0. The van der Waals surface area contributed by atoms with Gasteiger partial charge in [-0.25, -0.2) is 17.5 Å². The van der Waals surface area contributed by atoms with Crippen LogP contribution in [0, 0.1) is 12.7 Å². The molecule has 0 fully saturated rings. The Morgan fingerprint density at radius 1 is 1.09 bits per heavy atom. The summed E-state index contributed by atoms with van der Waals surface area (Å²) in [5.74, 6) is -1.22. The third-order valence-corrected chi connectivity index (χ3v) is 7.31. The summed E-state index contributed by atoms with van der Waals surface area (Å²) in [6, 6.07) is 13.3. The van der Waals surface area contributed by atoms with Crippen LogP contribution in [0.2, 0.25) is 0 Å². The fraction of sp³-hybridized carbons (Fsp3) is 0.261. The van der Waals surface area contributed by atoms with E-state index in [0.29, 0.717) is 29.9 Å². The number of hydrogen-bond donors (Lipinski definition) is 1. The van der Waals surface area contributed by atoms with E-state index in [0.717, 1.165) is 4.68 Å². The van der Waals surface area contributed by atoms with Gasteiger partial charge in [0.2, 0.25) is 15.9 Å². The lowest BCUT2D eigenvalue weighted by Gasteiger charge is -2.20. The van der Waals surface area contributed by atoms with Gasteiger partial charge in [0.1, 0.15) is 12.4 Å². The molecule has 0 saturated carbocycles. The smallest absolute Gasteiger partial charge is 0.267 e. The molecule has 8 nitrogen and oxygen atoms in total. The Morgan fingerprint density at radius 3 is 2.45 bits per heavy atom. The molecule has 0 aliphatic heterocycles. The van der Waals surface area contributed by atoms with Gasteiger partial charge in [-0.05, 0) is 36.8 Å². The Kier molecular flexibility index (Phi) is 7.39. The molecule has 1 heterocycles. The van der Waals surface area contributed by atoms with Gasteiger partial charge < -0.3 is 5.32 Å². The lowest BCUT2D eigenvalue weighted by atomic mass is 10.1. The summed E-state index contributed by atoms with van der Waals surface area (Å²) in [6.07, 6.45) is 0. The van der Waals surface area contributed by atoms with Crippen molar-refractivity contribution in [2.24, 2.45) is 0 Å². The number of carbonyl (C=O) groups is 1. The van der Waals surface area contributed by atoms with Crippen LogP contribution in [0.15, 0.2) is 64.3 Å². The van der Waals surface area contributed by atoms with Crippen molar-refractivity contribution in [2.45, 2.75) is 32.2 Å². The Labute approximate surface area is 191 Å². The first-order valence-electron chi connectivity index (χ1n) is 10.4. The van der Waals surface area contributed by atoms with Gasteiger partial charge in [0, 0.05) is 24.7 Å². The Bertz CT molecular complexity index is 1330. The minimum absolute atomic E-state index is 0.00325. The second kappa shape index (κ2) is 10.1. The second-order valence-corrected chi connectivity index (χ2v) is 9.22. The van der Waals surface area contributed by atoms with Crippen LogP contribution in [0.4, 0.5) is 10.1 Å². The molecule has 0 unspecified atom stereocenters. The van der Waals surface area contributed by atoms with Crippen LogP contribution in [0.1, 0.15) is 19.4 Å². The lowest BCUT2D eigenvalue weighted by molar-refractivity contribution is -0.117. The Morgan fingerprint density at radius 2 is 1.79 bits per heavy atom. The fourth-order valence-corrected chi connectivity index (χ4v) is 5.05. The van der Waals surface area contributed by atoms with E-state index in [1.165, 1.54) is 40.7 Å². The normalized spacial score (nSPS) is 11.5. The minimum Gasteiger partial charge on any atom is -0.322 e. The zero-order valence-corrected chi connectivity index (χ0v) is 19.4. The van der Waals surface area contributed by atoms with Crippen molar-refractivity contribution in [3.8, 4) is 11.3 Å². The largest absolute Gasteiger partial charge is 0.322 e. The van der Waals surface area contributed by atoms with Crippen LogP contribution in [-0.2, 0) is 21.4 Å². The molecule has 0 aliphatic carbocycles. The number of anilines is 1. The first-order valence-corrected chi connectivity index (χ1v) is 11.8. The first-order chi connectivity index (χ1) is 15.7. The average Bonchev–Trinajstić information content (AvgIpc) is 2.78. The second-order valence-electron chi connectivity index (χ2n) is 7.31. The quantitative estimate of drug-likeness (QED) is 0.543. The molecule has 1 aromatic heterocycles. The summed E-state index contributed by atoms with van der Waals surface area (Å²) in [6.45, 7) is 5.48. The van der Waals surface area contributed by atoms with Gasteiger partial charge in [-0.1, -0.05) is 38.1 Å². The van der Waals surface area contributed by atoms with Gasteiger partial charge in [-0.2, -0.15) is 9.40 Å². The van der Waals surface area contributed by atoms with Gasteiger partial charge in [-0.3, -0.25) is 9.59 Å². The SMILES string of the molecule is CCN(CC)S(=O)(=O)c1cc(-c2ccc(=O)n(CC(=O)Nc3ccccc3F)n2)ccc1C. The molecule has 3 rings (SSSR count). The highest BCUT2D eigenvalue weighted by atomic mass is 32.2. The van der Waals surface area contributed by atoms with Crippen molar-refractivity contribution < 1.29 is 17.6 Å². The molecule has 0 bridgehead atoms.